The van der Waals surface area contributed by atoms with Crippen molar-refractivity contribution in [2.45, 2.75) is 44.9 Å². The zero-order valence-corrected chi connectivity index (χ0v) is 13.6. The van der Waals surface area contributed by atoms with Crippen molar-refractivity contribution in [1.29, 1.82) is 0 Å². The van der Waals surface area contributed by atoms with Gasteiger partial charge in [-0.15, -0.1) is 0 Å². The Bertz CT molecular complexity index is 443. The van der Waals surface area contributed by atoms with E-state index in [9.17, 15) is 18.3 Å². The third-order valence-electron chi connectivity index (χ3n) is 2.52. The normalized spacial score (nSPS) is 15.8. The summed E-state index contributed by atoms with van der Waals surface area (Å²) in [6, 6.07) is 3.98. The molecule has 1 aromatic rings. The van der Waals surface area contributed by atoms with Crippen molar-refractivity contribution in [3.05, 3.63) is 34.3 Å². The maximum absolute atomic E-state index is 13.1. The molecule has 21 heavy (non-hydrogen) atoms. The molecule has 0 aliphatic heterocycles. The highest BCUT2D eigenvalue weighted by Gasteiger charge is 2.40. The smallest absolute Gasteiger partial charge is 0.367 e. The Morgan fingerprint density at radius 1 is 1.19 bits per heavy atom. The van der Waals surface area contributed by atoms with Gasteiger partial charge < -0.3 is 9.84 Å². The number of hydrogen-bond acceptors (Lipinski definition) is 3. The third-order valence-corrected chi connectivity index (χ3v) is 3.05. The number of hydrogen-bond donors (Lipinski definition) is 2. The molecule has 120 valence electrons. The fourth-order valence-electron chi connectivity index (χ4n) is 1.75. The van der Waals surface area contributed by atoms with Crippen LogP contribution in [0.5, 0.6) is 0 Å². The molecule has 0 saturated heterocycles. The Balaban J connectivity index is 2.75. The van der Waals surface area contributed by atoms with Crippen molar-refractivity contribution < 1.29 is 23.0 Å². The number of aliphatic hydroxyl groups is 1. The molecule has 0 bridgehead atoms. The van der Waals surface area contributed by atoms with Crippen LogP contribution < -0.4 is 5.32 Å². The number of halogens is 4. The van der Waals surface area contributed by atoms with Gasteiger partial charge in [-0.3, -0.25) is 5.32 Å². The van der Waals surface area contributed by atoms with Crippen LogP contribution in [0.25, 0.3) is 0 Å². The van der Waals surface area contributed by atoms with Gasteiger partial charge in [0.1, 0.15) is 6.04 Å². The van der Waals surface area contributed by atoms with Crippen LogP contribution in [0.2, 0.25) is 0 Å². The van der Waals surface area contributed by atoms with Crippen molar-refractivity contribution in [1.82, 2.24) is 5.32 Å². The number of ether oxygens (including phenoxy) is 1. The highest BCUT2D eigenvalue weighted by molar-refractivity contribution is 9.10. The van der Waals surface area contributed by atoms with Crippen LogP contribution in [0.4, 0.5) is 13.2 Å². The van der Waals surface area contributed by atoms with E-state index in [2.05, 4.69) is 21.2 Å². The molecule has 2 atom stereocenters. The lowest BCUT2D eigenvalue weighted by Crippen LogP contribution is -2.41. The molecule has 2 unspecified atom stereocenters. The largest absolute Gasteiger partial charge is 0.407 e. The van der Waals surface area contributed by atoms with Gasteiger partial charge >= 0.3 is 6.18 Å². The van der Waals surface area contributed by atoms with Gasteiger partial charge in [0.15, 0.2) is 6.29 Å². The zero-order chi connectivity index (χ0) is 16.3. The number of nitrogens with one attached hydrogen (secondary N) is 1. The van der Waals surface area contributed by atoms with Gasteiger partial charge in [-0.05, 0) is 38.5 Å². The van der Waals surface area contributed by atoms with Crippen molar-refractivity contribution >= 4 is 15.9 Å². The zero-order valence-electron chi connectivity index (χ0n) is 12.0. The van der Waals surface area contributed by atoms with E-state index in [0.29, 0.717) is 4.47 Å². The Morgan fingerprint density at radius 2 is 1.71 bits per heavy atom. The molecule has 0 heterocycles. The Hall–Kier alpha value is -0.630. The molecule has 3 nitrogen and oxygen atoms in total. The van der Waals surface area contributed by atoms with E-state index in [1.807, 2.05) is 0 Å². The summed E-state index contributed by atoms with van der Waals surface area (Å²) in [5, 5.41) is 11.9. The predicted octanol–water partition coefficient (Wildman–Crippen LogP) is 3.78. The van der Waals surface area contributed by atoms with Crippen molar-refractivity contribution in [3.8, 4) is 0 Å². The molecule has 0 amide bonds. The van der Waals surface area contributed by atoms with Crippen molar-refractivity contribution in [3.63, 3.8) is 0 Å². The van der Waals surface area contributed by atoms with Crippen LogP contribution >= 0.6 is 15.9 Å². The first-order valence-corrected chi connectivity index (χ1v) is 7.20. The summed E-state index contributed by atoms with van der Waals surface area (Å²) in [6.07, 6.45) is -5.78. The minimum Gasteiger partial charge on any atom is -0.367 e. The summed E-state index contributed by atoms with van der Waals surface area (Å²) in [4.78, 5) is 0. The van der Waals surface area contributed by atoms with Gasteiger partial charge in [0, 0.05) is 11.0 Å². The summed E-state index contributed by atoms with van der Waals surface area (Å²) in [6.45, 7) is 4.82. The first-order valence-electron chi connectivity index (χ1n) is 6.40. The predicted molar refractivity (Wildman–Crippen MR) is 77.8 cm³/mol. The summed E-state index contributed by atoms with van der Waals surface area (Å²) in [7, 11) is 0. The highest BCUT2D eigenvalue weighted by Crippen LogP contribution is 2.33. The molecular formula is C14H19BrF3NO2. The van der Waals surface area contributed by atoms with Crippen LogP contribution in [0.1, 0.15) is 32.4 Å². The quantitative estimate of drug-likeness (QED) is 0.776. The van der Waals surface area contributed by atoms with E-state index in [1.54, 1.807) is 20.8 Å². The Kier molecular flexibility index (Phi) is 6.22. The standard InChI is InChI=1S/C14H19BrF3NO2/c1-13(2,3)21-11(20)8-19-12(14(16,17)18)9-4-6-10(15)7-5-9/h4-7,11-12,19-20H,8H2,1-3H3. The fraction of sp³-hybridized carbons (Fsp3) is 0.571. The number of benzene rings is 1. The lowest BCUT2D eigenvalue weighted by molar-refractivity contribution is -0.179. The van der Waals surface area contributed by atoms with Crippen LogP contribution in [0.3, 0.4) is 0 Å². The van der Waals surface area contributed by atoms with Gasteiger partial charge in [0.05, 0.1) is 5.60 Å². The fourth-order valence-corrected chi connectivity index (χ4v) is 2.01. The first-order chi connectivity index (χ1) is 9.49. The summed E-state index contributed by atoms with van der Waals surface area (Å²) >= 11 is 3.18. The summed E-state index contributed by atoms with van der Waals surface area (Å²) in [5.41, 5.74) is -0.555. The third kappa shape index (κ3) is 6.78. The molecule has 1 aromatic carbocycles. The molecule has 0 aliphatic carbocycles. The molecule has 0 fully saturated rings. The van der Waals surface area contributed by atoms with E-state index in [1.165, 1.54) is 24.3 Å². The maximum atomic E-state index is 13.1. The van der Waals surface area contributed by atoms with E-state index >= 15 is 0 Å². The van der Waals surface area contributed by atoms with E-state index in [4.69, 9.17) is 4.74 Å². The molecule has 0 aromatic heterocycles. The van der Waals surface area contributed by atoms with Crippen LogP contribution in [0.15, 0.2) is 28.7 Å². The van der Waals surface area contributed by atoms with E-state index in [0.717, 1.165) is 0 Å². The van der Waals surface area contributed by atoms with Gasteiger partial charge in [-0.1, -0.05) is 28.1 Å². The second-order valence-electron chi connectivity index (χ2n) is 5.62. The minimum absolute atomic E-state index is 0.0775. The second kappa shape index (κ2) is 7.09. The number of rotatable bonds is 5. The number of alkyl halides is 3. The van der Waals surface area contributed by atoms with E-state index < -0.39 is 24.1 Å². The van der Waals surface area contributed by atoms with Gasteiger partial charge in [-0.2, -0.15) is 13.2 Å². The van der Waals surface area contributed by atoms with Gasteiger partial charge in [0.25, 0.3) is 0 Å². The molecule has 0 spiro atoms. The first kappa shape index (κ1) is 18.4. The lowest BCUT2D eigenvalue weighted by Gasteiger charge is -2.27. The van der Waals surface area contributed by atoms with Crippen molar-refractivity contribution in [2.24, 2.45) is 0 Å². The minimum atomic E-state index is -4.46. The van der Waals surface area contributed by atoms with Gasteiger partial charge in [-0.25, -0.2) is 0 Å². The van der Waals surface area contributed by atoms with Crippen molar-refractivity contribution in [2.75, 3.05) is 6.54 Å². The molecule has 0 aliphatic rings. The average Bonchev–Trinajstić information content (AvgIpc) is 2.27. The Labute approximate surface area is 130 Å². The average molecular weight is 370 g/mol. The molecule has 0 radical (unpaired) electrons. The molecule has 7 heteroatoms. The lowest BCUT2D eigenvalue weighted by atomic mass is 10.1. The summed E-state index contributed by atoms with van der Waals surface area (Å²) < 4.78 is 45.2. The maximum Gasteiger partial charge on any atom is 0.407 e. The molecular weight excluding hydrogens is 351 g/mol. The molecule has 0 saturated carbocycles. The van der Waals surface area contributed by atoms with Crippen LogP contribution in [-0.4, -0.2) is 29.7 Å². The monoisotopic (exact) mass is 369 g/mol. The van der Waals surface area contributed by atoms with Crippen LogP contribution in [0, 0.1) is 0 Å². The highest BCUT2D eigenvalue weighted by atomic mass is 79.9. The Morgan fingerprint density at radius 3 is 2.14 bits per heavy atom. The SMILES string of the molecule is CC(C)(C)OC(O)CNC(c1ccc(Br)cc1)C(F)(F)F. The second-order valence-corrected chi connectivity index (χ2v) is 6.53. The van der Waals surface area contributed by atoms with Crippen LogP contribution in [-0.2, 0) is 4.74 Å². The molecule has 2 N–H and O–H groups in total. The summed E-state index contributed by atoms with van der Waals surface area (Å²) in [5.74, 6) is 0. The topological polar surface area (TPSA) is 41.5 Å². The van der Waals surface area contributed by atoms with E-state index in [-0.39, 0.29) is 12.1 Å². The van der Waals surface area contributed by atoms with Gasteiger partial charge in [0.2, 0.25) is 0 Å². The molecule has 1 rings (SSSR count). The number of aliphatic hydroxyl groups excluding tert-OH is 1.